The van der Waals surface area contributed by atoms with Crippen molar-refractivity contribution in [2.24, 2.45) is 11.1 Å². The number of likely N-dealkylation sites (tertiary alicyclic amines) is 1. The number of nitrogens with two attached hydrogens (primary N) is 1. The Hall–Kier alpha value is -0.610. The monoisotopic (exact) mass is 268 g/mol. The maximum atomic E-state index is 12.6. The van der Waals surface area contributed by atoms with E-state index in [1.54, 1.807) is 0 Å². The molecule has 0 spiro atoms. The number of hydrogen-bond acceptors (Lipinski definition) is 3. The van der Waals surface area contributed by atoms with Crippen LogP contribution in [0.25, 0.3) is 0 Å². The largest absolute Gasteiger partial charge is 0.381 e. The topological polar surface area (TPSA) is 55.6 Å². The summed E-state index contributed by atoms with van der Waals surface area (Å²) in [5.41, 5.74) is 6.08. The summed E-state index contributed by atoms with van der Waals surface area (Å²) in [7, 11) is 0. The van der Waals surface area contributed by atoms with Crippen molar-refractivity contribution in [3.05, 3.63) is 0 Å². The molecule has 2 aliphatic rings. The maximum Gasteiger partial charge on any atom is 0.242 e. The van der Waals surface area contributed by atoms with Crippen LogP contribution in [0.15, 0.2) is 0 Å². The van der Waals surface area contributed by atoms with Crippen molar-refractivity contribution >= 4 is 5.91 Å². The van der Waals surface area contributed by atoms with Gasteiger partial charge >= 0.3 is 0 Å². The van der Waals surface area contributed by atoms with Gasteiger partial charge in [-0.25, -0.2) is 0 Å². The van der Waals surface area contributed by atoms with E-state index >= 15 is 0 Å². The minimum atomic E-state index is -0.670. The summed E-state index contributed by atoms with van der Waals surface area (Å²) in [6.45, 7) is 7.52. The molecule has 0 aromatic heterocycles. The lowest BCUT2D eigenvalue weighted by Crippen LogP contribution is -2.59. The van der Waals surface area contributed by atoms with Crippen LogP contribution in [-0.2, 0) is 9.53 Å². The lowest BCUT2D eigenvalue weighted by molar-refractivity contribution is -0.143. The molecule has 0 aromatic carbocycles. The quantitative estimate of drug-likeness (QED) is 0.851. The van der Waals surface area contributed by atoms with Gasteiger partial charge in [-0.2, -0.15) is 0 Å². The molecular formula is C15H28N2O2. The molecule has 2 rings (SSSR count). The van der Waals surface area contributed by atoms with Gasteiger partial charge in [0.05, 0.1) is 5.54 Å². The zero-order valence-electron chi connectivity index (χ0n) is 12.4. The SMILES string of the molecule is CCC1(CC)CCN(C(=O)C2(N)CCOCC2)CC1. The number of carbonyl (C=O) groups excluding carboxylic acids is 1. The molecule has 2 heterocycles. The second-order valence-corrected chi connectivity index (χ2v) is 6.27. The van der Waals surface area contributed by atoms with Crippen LogP contribution in [0.3, 0.4) is 0 Å². The van der Waals surface area contributed by atoms with Crippen LogP contribution in [0.2, 0.25) is 0 Å². The van der Waals surface area contributed by atoms with Crippen molar-refractivity contribution in [1.29, 1.82) is 0 Å². The highest BCUT2D eigenvalue weighted by molar-refractivity contribution is 5.86. The van der Waals surface area contributed by atoms with Gasteiger partial charge in [-0.3, -0.25) is 4.79 Å². The number of amides is 1. The summed E-state index contributed by atoms with van der Waals surface area (Å²) in [6.07, 6.45) is 6.00. The molecule has 0 radical (unpaired) electrons. The molecular weight excluding hydrogens is 240 g/mol. The number of nitrogens with zero attached hydrogens (tertiary/aromatic N) is 1. The van der Waals surface area contributed by atoms with E-state index in [0.717, 1.165) is 25.9 Å². The van der Waals surface area contributed by atoms with E-state index in [4.69, 9.17) is 10.5 Å². The first-order valence-corrected chi connectivity index (χ1v) is 7.71. The Labute approximate surface area is 116 Å². The molecule has 2 fully saturated rings. The average Bonchev–Trinajstić information content (AvgIpc) is 2.47. The second kappa shape index (κ2) is 5.80. The fourth-order valence-corrected chi connectivity index (χ4v) is 3.41. The summed E-state index contributed by atoms with van der Waals surface area (Å²) in [4.78, 5) is 14.6. The fourth-order valence-electron chi connectivity index (χ4n) is 3.41. The molecule has 19 heavy (non-hydrogen) atoms. The molecule has 2 N–H and O–H groups in total. The van der Waals surface area contributed by atoms with E-state index in [9.17, 15) is 4.79 Å². The van der Waals surface area contributed by atoms with Gasteiger partial charge in [0.15, 0.2) is 0 Å². The zero-order chi connectivity index (χ0) is 13.9. The summed E-state index contributed by atoms with van der Waals surface area (Å²) >= 11 is 0. The highest BCUT2D eigenvalue weighted by Crippen LogP contribution is 2.38. The summed E-state index contributed by atoms with van der Waals surface area (Å²) < 4.78 is 5.32. The van der Waals surface area contributed by atoms with E-state index in [1.807, 2.05) is 4.90 Å². The van der Waals surface area contributed by atoms with Gasteiger partial charge < -0.3 is 15.4 Å². The van der Waals surface area contributed by atoms with Gasteiger partial charge in [-0.15, -0.1) is 0 Å². The van der Waals surface area contributed by atoms with Crippen LogP contribution in [-0.4, -0.2) is 42.6 Å². The predicted molar refractivity (Wildman–Crippen MR) is 75.8 cm³/mol. The molecule has 0 aliphatic carbocycles. The van der Waals surface area contributed by atoms with E-state index in [0.29, 0.717) is 31.5 Å². The highest BCUT2D eigenvalue weighted by Gasteiger charge is 2.41. The van der Waals surface area contributed by atoms with Crippen molar-refractivity contribution in [2.45, 2.75) is 57.9 Å². The van der Waals surface area contributed by atoms with Crippen LogP contribution < -0.4 is 5.73 Å². The molecule has 0 bridgehead atoms. The van der Waals surface area contributed by atoms with E-state index in [-0.39, 0.29) is 5.91 Å². The number of rotatable bonds is 3. The molecule has 0 aromatic rings. The Morgan fingerprint density at radius 1 is 1.11 bits per heavy atom. The maximum absolute atomic E-state index is 12.6. The Kier molecular flexibility index (Phi) is 4.51. The Bertz CT molecular complexity index is 310. The normalized spacial score (nSPS) is 26.2. The fraction of sp³-hybridized carbons (Fsp3) is 0.933. The first kappa shape index (κ1) is 14.8. The van der Waals surface area contributed by atoms with Gasteiger partial charge in [0.2, 0.25) is 5.91 Å². The molecule has 2 saturated heterocycles. The molecule has 2 aliphatic heterocycles. The molecule has 4 heteroatoms. The van der Waals surface area contributed by atoms with Gasteiger partial charge in [-0.05, 0) is 31.1 Å². The van der Waals surface area contributed by atoms with Crippen LogP contribution >= 0.6 is 0 Å². The van der Waals surface area contributed by atoms with E-state index < -0.39 is 5.54 Å². The second-order valence-electron chi connectivity index (χ2n) is 6.27. The van der Waals surface area contributed by atoms with Crippen molar-refractivity contribution < 1.29 is 9.53 Å². The summed E-state index contributed by atoms with van der Waals surface area (Å²) in [5.74, 6) is 0.150. The number of carbonyl (C=O) groups is 1. The molecule has 0 atom stereocenters. The van der Waals surface area contributed by atoms with Gasteiger partial charge in [0.25, 0.3) is 0 Å². The minimum absolute atomic E-state index is 0.150. The van der Waals surface area contributed by atoms with Gasteiger partial charge in [0.1, 0.15) is 0 Å². The number of piperidine rings is 1. The first-order chi connectivity index (χ1) is 9.05. The highest BCUT2D eigenvalue weighted by atomic mass is 16.5. The minimum Gasteiger partial charge on any atom is -0.381 e. The Morgan fingerprint density at radius 3 is 2.11 bits per heavy atom. The van der Waals surface area contributed by atoms with Crippen molar-refractivity contribution in [3.63, 3.8) is 0 Å². The summed E-state index contributed by atoms with van der Waals surface area (Å²) in [5, 5.41) is 0. The third-order valence-electron chi connectivity index (χ3n) is 5.42. The zero-order valence-corrected chi connectivity index (χ0v) is 12.4. The molecule has 110 valence electrons. The van der Waals surface area contributed by atoms with E-state index in [2.05, 4.69) is 13.8 Å². The van der Waals surface area contributed by atoms with Crippen LogP contribution in [0, 0.1) is 5.41 Å². The van der Waals surface area contributed by atoms with Crippen molar-refractivity contribution in [3.8, 4) is 0 Å². The molecule has 0 unspecified atom stereocenters. The molecule has 1 amide bonds. The smallest absolute Gasteiger partial charge is 0.242 e. The lowest BCUT2D eigenvalue weighted by atomic mass is 9.74. The molecule has 0 saturated carbocycles. The Morgan fingerprint density at radius 2 is 1.63 bits per heavy atom. The van der Waals surface area contributed by atoms with Gasteiger partial charge in [-0.1, -0.05) is 26.7 Å². The average molecular weight is 268 g/mol. The third kappa shape index (κ3) is 2.95. The van der Waals surface area contributed by atoms with Crippen LogP contribution in [0.1, 0.15) is 52.4 Å². The van der Waals surface area contributed by atoms with E-state index in [1.165, 1.54) is 12.8 Å². The van der Waals surface area contributed by atoms with Crippen molar-refractivity contribution in [2.75, 3.05) is 26.3 Å². The van der Waals surface area contributed by atoms with Gasteiger partial charge in [0, 0.05) is 26.3 Å². The standard InChI is InChI=1S/C15H28N2O2/c1-3-14(4-2)5-9-17(10-6-14)13(18)15(16)7-11-19-12-8-15/h3-12,16H2,1-2H3. The van der Waals surface area contributed by atoms with Crippen LogP contribution in [0.4, 0.5) is 0 Å². The summed E-state index contributed by atoms with van der Waals surface area (Å²) in [6, 6.07) is 0. The number of ether oxygens (including phenoxy) is 1. The first-order valence-electron chi connectivity index (χ1n) is 7.71. The van der Waals surface area contributed by atoms with Crippen molar-refractivity contribution in [1.82, 2.24) is 4.90 Å². The predicted octanol–water partition coefficient (Wildman–Crippen LogP) is 1.92. The van der Waals surface area contributed by atoms with Crippen LogP contribution in [0.5, 0.6) is 0 Å². The Balaban J connectivity index is 1.95. The number of hydrogen-bond donors (Lipinski definition) is 1. The lowest BCUT2D eigenvalue weighted by Gasteiger charge is -2.44. The molecule has 4 nitrogen and oxygen atoms in total. The third-order valence-corrected chi connectivity index (χ3v) is 5.42.